The highest BCUT2D eigenvalue weighted by atomic mass is 16.5. The Hall–Kier alpha value is -4.20. The second-order valence-corrected chi connectivity index (χ2v) is 8.68. The topological polar surface area (TPSA) is 101 Å². The summed E-state index contributed by atoms with van der Waals surface area (Å²) in [5.41, 5.74) is 2.12. The fourth-order valence-corrected chi connectivity index (χ4v) is 3.76. The number of carbonyl (C=O) groups is 3. The van der Waals surface area contributed by atoms with E-state index in [1.54, 1.807) is 48.7 Å². The van der Waals surface area contributed by atoms with Crippen molar-refractivity contribution < 1.29 is 19.1 Å². The highest BCUT2D eigenvalue weighted by molar-refractivity contribution is 6.04. The second-order valence-electron chi connectivity index (χ2n) is 8.68. The van der Waals surface area contributed by atoms with Crippen LogP contribution in [0.5, 0.6) is 5.75 Å². The Morgan fingerprint density at radius 2 is 1.64 bits per heavy atom. The zero-order valence-corrected chi connectivity index (χ0v) is 21.0. The van der Waals surface area contributed by atoms with Crippen LogP contribution in [0.15, 0.2) is 72.9 Å². The van der Waals surface area contributed by atoms with E-state index >= 15 is 0 Å². The Kier molecular flexibility index (Phi) is 9.16. The van der Waals surface area contributed by atoms with Crippen LogP contribution in [0.2, 0.25) is 0 Å². The number of aryl methyl sites for hydroxylation is 1. The number of amides is 3. The Labute approximate surface area is 211 Å². The lowest BCUT2D eigenvalue weighted by Gasteiger charge is -2.33. The van der Waals surface area contributed by atoms with Gasteiger partial charge in [0.2, 0.25) is 17.7 Å². The third-order valence-electron chi connectivity index (χ3n) is 5.44. The van der Waals surface area contributed by atoms with Gasteiger partial charge in [-0.2, -0.15) is 0 Å². The molecule has 0 radical (unpaired) electrons. The number of methoxy groups -OCH3 is 1. The first-order valence-corrected chi connectivity index (χ1v) is 11.8. The molecule has 1 aromatic heterocycles. The molecule has 0 fully saturated rings. The van der Waals surface area contributed by atoms with Gasteiger partial charge in [-0.1, -0.05) is 48.0 Å². The summed E-state index contributed by atoms with van der Waals surface area (Å²) in [5, 5.41) is 5.62. The van der Waals surface area contributed by atoms with Crippen LogP contribution in [-0.4, -0.2) is 35.9 Å². The summed E-state index contributed by atoms with van der Waals surface area (Å²) in [6, 6.07) is 18.6. The Balaban J connectivity index is 1.97. The average Bonchev–Trinajstić information content (AvgIpc) is 2.86. The zero-order chi connectivity index (χ0) is 26.1. The summed E-state index contributed by atoms with van der Waals surface area (Å²) in [5.74, 6) is -0.213. The van der Waals surface area contributed by atoms with Crippen molar-refractivity contribution >= 4 is 29.2 Å². The van der Waals surface area contributed by atoms with Crippen LogP contribution in [0.3, 0.4) is 0 Å². The van der Waals surface area contributed by atoms with Gasteiger partial charge in [0.25, 0.3) is 0 Å². The number of hydrogen-bond acceptors (Lipinski definition) is 5. The molecule has 3 rings (SSSR count). The monoisotopic (exact) mass is 488 g/mol. The number of aromatic nitrogens is 1. The maximum Gasteiger partial charge on any atom is 0.248 e. The summed E-state index contributed by atoms with van der Waals surface area (Å²) in [4.78, 5) is 45.3. The molecule has 0 aliphatic heterocycles. The number of anilines is 2. The first-order chi connectivity index (χ1) is 17.3. The number of para-hydroxylation sites is 2. The number of pyridine rings is 1. The first-order valence-electron chi connectivity index (χ1n) is 11.8. The van der Waals surface area contributed by atoms with Crippen molar-refractivity contribution in [3.8, 4) is 5.75 Å². The summed E-state index contributed by atoms with van der Waals surface area (Å²) in [6.07, 6.45) is 1.38. The molecular weight excluding hydrogens is 456 g/mol. The van der Waals surface area contributed by atoms with Crippen molar-refractivity contribution in [2.75, 3.05) is 17.3 Å². The van der Waals surface area contributed by atoms with E-state index in [0.29, 0.717) is 22.8 Å². The van der Waals surface area contributed by atoms with Gasteiger partial charge < -0.3 is 15.4 Å². The van der Waals surface area contributed by atoms with Crippen molar-refractivity contribution in [3.63, 3.8) is 0 Å². The summed E-state index contributed by atoms with van der Waals surface area (Å²) in [6.45, 7) is 5.68. The average molecular weight is 489 g/mol. The quantitative estimate of drug-likeness (QED) is 0.440. The number of rotatable bonds is 10. The smallest absolute Gasteiger partial charge is 0.248 e. The Bertz CT molecular complexity index is 1180. The van der Waals surface area contributed by atoms with Gasteiger partial charge in [0.05, 0.1) is 12.8 Å². The molecule has 2 aromatic carbocycles. The molecule has 188 valence electrons. The largest absolute Gasteiger partial charge is 0.495 e. The fraction of sp³-hybridized carbons (Fsp3) is 0.286. The predicted molar refractivity (Wildman–Crippen MR) is 140 cm³/mol. The number of nitrogens with zero attached hydrogens (tertiary/aromatic N) is 2. The van der Waals surface area contributed by atoms with E-state index in [2.05, 4.69) is 15.6 Å². The SMILES string of the molecule is COc1ccccc1N(C(=O)CCC(=O)Nc1ccccn1)[C@H](C(=O)NC(C)C)c1ccc(C)cc1. The minimum absolute atomic E-state index is 0.0759. The number of carbonyl (C=O) groups excluding carboxylic acids is 3. The Morgan fingerprint density at radius 3 is 2.28 bits per heavy atom. The van der Waals surface area contributed by atoms with Crippen LogP contribution in [0.4, 0.5) is 11.5 Å². The number of benzene rings is 2. The first kappa shape index (κ1) is 26.4. The van der Waals surface area contributed by atoms with Crippen LogP contribution in [0.25, 0.3) is 0 Å². The molecule has 0 unspecified atom stereocenters. The highest BCUT2D eigenvalue weighted by Gasteiger charge is 2.34. The van der Waals surface area contributed by atoms with Gasteiger partial charge in [0, 0.05) is 25.1 Å². The van der Waals surface area contributed by atoms with Gasteiger partial charge in [0.15, 0.2) is 0 Å². The van der Waals surface area contributed by atoms with E-state index in [0.717, 1.165) is 5.56 Å². The third-order valence-corrected chi connectivity index (χ3v) is 5.44. The van der Waals surface area contributed by atoms with Gasteiger partial charge in [-0.3, -0.25) is 19.3 Å². The maximum atomic E-state index is 13.7. The molecule has 8 heteroatoms. The molecule has 8 nitrogen and oxygen atoms in total. The van der Waals surface area contributed by atoms with Crippen molar-refractivity contribution in [2.24, 2.45) is 0 Å². The van der Waals surface area contributed by atoms with Crippen LogP contribution in [0, 0.1) is 6.92 Å². The summed E-state index contributed by atoms with van der Waals surface area (Å²) < 4.78 is 5.53. The van der Waals surface area contributed by atoms with E-state index in [4.69, 9.17) is 4.74 Å². The standard InChI is InChI=1S/C28H32N4O4/c1-19(2)30-28(35)27(21-14-12-20(3)13-15-21)32(22-9-5-6-10-23(22)36-4)26(34)17-16-25(33)31-24-11-7-8-18-29-24/h5-15,18-19,27H,16-17H2,1-4H3,(H,30,35)(H,29,31,33)/t27-/m0/s1. The lowest BCUT2D eigenvalue weighted by Crippen LogP contribution is -2.46. The normalized spacial score (nSPS) is 11.5. The van der Waals surface area contributed by atoms with Crippen molar-refractivity contribution in [3.05, 3.63) is 84.1 Å². The van der Waals surface area contributed by atoms with Gasteiger partial charge in [-0.25, -0.2) is 4.98 Å². The van der Waals surface area contributed by atoms with Crippen LogP contribution in [-0.2, 0) is 14.4 Å². The molecular formula is C28H32N4O4. The molecule has 0 aliphatic rings. The van der Waals surface area contributed by atoms with Crippen molar-refractivity contribution in [1.82, 2.24) is 10.3 Å². The van der Waals surface area contributed by atoms with Gasteiger partial charge >= 0.3 is 0 Å². The lowest BCUT2D eigenvalue weighted by molar-refractivity contribution is -0.127. The van der Waals surface area contributed by atoms with E-state index in [9.17, 15) is 14.4 Å². The van der Waals surface area contributed by atoms with E-state index in [1.165, 1.54) is 12.0 Å². The minimum atomic E-state index is -0.962. The molecule has 36 heavy (non-hydrogen) atoms. The molecule has 0 bridgehead atoms. The van der Waals surface area contributed by atoms with Gasteiger partial charge in [-0.15, -0.1) is 0 Å². The zero-order valence-electron chi connectivity index (χ0n) is 21.0. The molecule has 1 heterocycles. The number of hydrogen-bond donors (Lipinski definition) is 2. The fourth-order valence-electron chi connectivity index (χ4n) is 3.76. The minimum Gasteiger partial charge on any atom is -0.495 e. The molecule has 1 atom stereocenters. The van der Waals surface area contributed by atoms with Crippen LogP contribution < -0.4 is 20.3 Å². The summed E-state index contributed by atoms with van der Waals surface area (Å²) in [7, 11) is 1.51. The number of ether oxygens (including phenoxy) is 1. The van der Waals surface area contributed by atoms with E-state index in [1.807, 2.05) is 45.0 Å². The molecule has 0 saturated carbocycles. The van der Waals surface area contributed by atoms with E-state index in [-0.39, 0.29) is 36.6 Å². The van der Waals surface area contributed by atoms with Crippen molar-refractivity contribution in [1.29, 1.82) is 0 Å². The maximum absolute atomic E-state index is 13.7. The number of nitrogens with one attached hydrogen (secondary N) is 2. The van der Waals surface area contributed by atoms with Crippen LogP contribution in [0.1, 0.15) is 43.9 Å². The second kappa shape index (κ2) is 12.5. The molecule has 3 amide bonds. The van der Waals surface area contributed by atoms with E-state index < -0.39 is 6.04 Å². The van der Waals surface area contributed by atoms with Gasteiger partial charge in [-0.05, 0) is 50.6 Å². The highest BCUT2D eigenvalue weighted by Crippen LogP contribution is 2.35. The lowest BCUT2D eigenvalue weighted by atomic mass is 10.0. The van der Waals surface area contributed by atoms with Crippen molar-refractivity contribution in [2.45, 2.75) is 45.7 Å². The molecule has 0 spiro atoms. The Morgan fingerprint density at radius 1 is 0.944 bits per heavy atom. The molecule has 0 aliphatic carbocycles. The molecule has 2 N–H and O–H groups in total. The van der Waals surface area contributed by atoms with Gasteiger partial charge in [0.1, 0.15) is 17.6 Å². The molecule has 3 aromatic rings. The third kappa shape index (κ3) is 6.91. The summed E-state index contributed by atoms with van der Waals surface area (Å²) >= 11 is 0. The van der Waals surface area contributed by atoms with Crippen LogP contribution >= 0.6 is 0 Å². The predicted octanol–water partition coefficient (Wildman–Crippen LogP) is 4.42. The molecule has 0 saturated heterocycles.